The summed E-state index contributed by atoms with van der Waals surface area (Å²) in [5, 5.41) is 6.89. The van der Waals surface area contributed by atoms with Crippen LogP contribution in [0.3, 0.4) is 0 Å². The van der Waals surface area contributed by atoms with Crippen molar-refractivity contribution in [3.63, 3.8) is 0 Å². The van der Waals surface area contributed by atoms with Gasteiger partial charge in [0.15, 0.2) is 0 Å². The predicted octanol–water partition coefficient (Wildman–Crippen LogP) is 3.86. The van der Waals surface area contributed by atoms with Crippen molar-refractivity contribution in [3.05, 3.63) is 71.6 Å². The topological polar surface area (TPSA) is 71.3 Å². The molecule has 30 heavy (non-hydrogen) atoms. The second-order valence-corrected chi connectivity index (χ2v) is 7.35. The third-order valence-corrected chi connectivity index (χ3v) is 5.19. The minimum Gasteiger partial charge on any atom is -0.351 e. The van der Waals surface area contributed by atoms with Crippen LogP contribution >= 0.6 is 0 Å². The van der Waals surface area contributed by atoms with Crippen LogP contribution in [-0.2, 0) is 11.3 Å². The van der Waals surface area contributed by atoms with Crippen LogP contribution in [0.5, 0.6) is 0 Å². The Bertz CT molecular complexity index is 989. The van der Waals surface area contributed by atoms with Gasteiger partial charge in [-0.3, -0.25) is 9.69 Å². The first-order chi connectivity index (χ1) is 14.6. The first-order valence-electron chi connectivity index (χ1n) is 9.93. The van der Waals surface area contributed by atoms with Gasteiger partial charge in [0.2, 0.25) is 17.6 Å². The predicted molar refractivity (Wildman–Crippen MR) is 106 cm³/mol. The van der Waals surface area contributed by atoms with Crippen molar-refractivity contribution in [2.75, 3.05) is 13.1 Å². The third kappa shape index (κ3) is 4.88. The molecule has 0 spiro atoms. The van der Waals surface area contributed by atoms with Gasteiger partial charge in [-0.05, 0) is 61.3 Å². The molecule has 0 bridgehead atoms. The summed E-state index contributed by atoms with van der Waals surface area (Å²) in [6.45, 7) is 1.30. The lowest BCUT2D eigenvalue weighted by molar-refractivity contribution is -0.123. The van der Waals surface area contributed by atoms with Crippen molar-refractivity contribution in [2.45, 2.75) is 31.8 Å². The van der Waals surface area contributed by atoms with E-state index in [1.807, 2.05) is 4.90 Å². The first-order valence-corrected chi connectivity index (χ1v) is 9.93. The van der Waals surface area contributed by atoms with Gasteiger partial charge in [-0.15, -0.1) is 0 Å². The summed E-state index contributed by atoms with van der Waals surface area (Å²) in [7, 11) is 0. The highest BCUT2D eigenvalue weighted by Gasteiger charge is 2.30. The quantitative estimate of drug-likeness (QED) is 0.666. The summed E-state index contributed by atoms with van der Waals surface area (Å²) < 4.78 is 31.6. The molecule has 8 heteroatoms. The van der Waals surface area contributed by atoms with E-state index < -0.39 is 0 Å². The zero-order valence-electron chi connectivity index (χ0n) is 16.4. The van der Waals surface area contributed by atoms with Crippen molar-refractivity contribution in [3.8, 4) is 11.4 Å². The number of rotatable bonds is 6. The molecule has 156 valence electrons. The first kappa shape index (κ1) is 20.2. The van der Waals surface area contributed by atoms with E-state index in [1.54, 1.807) is 24.3 Å². The molecule has 0 unspecified atom stereocenters. The van der Waals surface area contributed by atoms with E-state index >= 15 is 0 Å². The number of carbonyl (C=O) groups is 1. The molecule has 1 aliphatic heterocycles. The van der Waals surface area contributed by atoms with Gasteiger partial charge in [0, 0.05) is 12.1 Å². The highest BCUT2D eigenvalue weighted by molar-refractivity contribution is 5.78. The maximum absolute atomic E-state index is 13.1. The molecule has 2 aromatic carbocycles. The van der Waals surface area contributed by atoms with E-state index in [9.17, 15) is 13.6 Å². The minimum absolute atomic E-state index is 0.121. The van der Waals surface area contributed by atoms with Crippen LogP contribution < -0.4 is 5.32 Å². The van der Waals surface area contributed by atoms with Gasteiger partial charge in [0.25, 0.3) is 0 Å². The van der Waals surface area contributed by atoms with Gasteiger partial charge < -0.3 is 9.84 Å². The lowest BCUT2D eigenvalue weighted by Crippen LogP contribution is -2.41. The molecule has 2 heterocycles. The summed E-state index contributed by atoms with van der Waals surface area (Å²) >= 11 is 0. The van der Waals surface area contributed by atoms with Crippen molar-refractivity contribution >= 4 is 5.91 Å². The van der Waals surface area contributed by atoms with Gasteiger partial charge in [-0.2, -0.15) is 4.98 Å². The molecule has 1 amide bonds. The minimum atomic E-state index is -0.326. The fourth-order valence-corrected chi connectivity index (χ4v) is 3.59. The van der Waals surface area contributed by atoms with Crippen LogP contribution in [0.15, 0.2) is 53.1 Å². The molecule has 1 fully saturated rings. The van der Waals surface area contributed by atoms with E-state index in [4.69, 9.17) is 4.52 Å². The summed E-state index contributed by atoms with van der Waals surface area (Å²) in [6.07, 6.45) is 2.81. The van der Waals surface area contributed by atoms with Gasteiger partial charge in [0.05, 0.1) is 12.6 Å². The largest absolute Gasteiger partial charge is 0.351 e. The SMILES string of the molecule is O=C(CN1CCCC[C@H]1c1nc(-c2ccc(F)cc2)no1)NCc1ccc(F)cc1. The molecule has 1 atom stereocenters. The second-order valence-electron chi connectivity index (χ2n) is 7.35. The zero-order chi connectivity index (χ0) is 20.9. The normalized spacial score (nSPS) is 17.1. The smallest absolute Gasteiger partial charge is 0.244 e. The fourth-order valence-electron chi connectivity index (χ4n) is 3.59. The Balaban J connectivity index is 1.39. The molecule has 6 nitrogen and oxygen atoms in total. The van der Waals surface area contributed by atoms with Gasteiger partial charge in [-0.25, -0.2) is 8.78 Å². The summed E-state index contributed by atoms with van der Waals surface area (Å²) in [6, 6.07) is 11.8. The average molecular weight is 412 g/mol. The Morgan fingerprint density at radius 2 is 1.77 bits per heavy atom. The number of aromatic nitrogens is 2. The van der Waals surface area contributed by atoms with E-state index in [2.05, 4.69) is 15.5 Å². The zero-order valence-corrected chi connectivity index (χ0v) is 16.4. The molecule has 0 aliphatic carbocycles. The Morgan fingerprint density at radius 1 is 1.07 bits per heavy atom. The molecule has 0 radical (unpaired) electrons. The van der Waals surface area contributed by atoms with E-state index in [1.165, 1.54) is 24.3 Å². The maximum atomic E-state index is 13.1. The molecule has 1 N–H and O–H groups in total. The summed E-state index contributed by atoms with van der Waals surface area (Å²) in [5.74, 6) is 0.106. The summed E-state index contributed by atoms with van der Waals surface area (Å²) in [5.41, 5.74) is 1.51. The number of nitrogens with one attached hydrogen (secondary N) is 1. The number of likely N-dealkylation sites (tertiary alicyclic amines) is 1. The van der Waals surface area contributed by atoms with Crippen molar-refractivity contribution in [1.29, 1.82) is 0 Å². The van der Waals surface area contributed by atoms with Crippen LogP contribution in [0.25, 0.3) is 11.4 Å². The van der Waals surface area contributed by atoms with Crippen molar-refractivity contribution in [2.24, 2.45) is 0 Å². The maximum Gasteiger partial charge on any atom is 0.244 e. The number of piperidine rings is 1. The molecular weight excluding hydrogens is 390 g/mol. The number of halogens is 2. The Kier molecular flexibility index (Phi) is 6.13. The van der Waals surface area contributed by atoms with Gasteiger partial charge >= 0.3 is 0 Å². The standard InChI is InChI=1S/C22H22F2N4O2/c23-17-8-4-15(5-9-17)13-25-20(29)14-28-12-2-1-3-19(28)22-26-21(27-30-22)16-6-10-18(24)11-7-16/h4-11,19H,1-3,12-14H2,(H,25,29)/t19-/m0/s1. The Hall–Kier alpha value is -3.13. The summed E-state index contributed by atoms with van der Waals surface area (Å²) in [4.78, 5) is 19.0. The second kappa shape index (κ2) is 9.13. The third-order valence-electron chi connectivity index (χ3n) is 5.19. The molecule has 1 saturated heterocycles. The lowest BCUT2D eigenvalue weighted by atomic mass is 10.0. The number of amides is 1. The number of nitrogens with zero attached hydrogens (tertiary/aromatic N) is 3. The van der Waals surface area contributed by atoms with Gasteiger partial charge in [-0.1, -0.05) is 23.7 Å². The fraction of sp³-hybridized carbons (Fsp3) is 0.318. The number of hydrogen-bond donors (Lipinski definition) is 1. The number of hydrogen-bond acceptors (Lipinski definition) is 5. The number of benzene rings is 2. The van der Waals surface area contributed by atoms with E-state index in [0.29, 0.717) is 23.8 Å². The van der Waals surface area contributed by atoms with Crippen molar-refractivity contribution < 1.29 is 18.1 Å². The lowest BCUT2D eigenvalue weighted by Gasteiger charge is -2.32. The average Bonchev–Trinajstić information content (AvgIpc) is 3.24. The highest BCUT2D eigenvalue weighted by atomic mass is 19.1. The van der Waals surface area contributed by atoms with Crippen LogP contribution in [0.4, 0.5) is 8.78 Å². The Labute approximate surface area is 172 Å². The molecule has 0 saturated carbocycles. The molecule has 4 rings (SSSR count). The van der Waals surface area contributed by atoms with Crippen LogP contribution in [0.2, 0.25) is 0 Å². The van der Waals surface area contributed by atoms with Crippen LogP contribution in [-0.4, -0.2) is 34.0 Å². The monoisotopic (exact) mass is 412 g/mol. The molecule has 1 aliphatic rings. The van der Waals surface area contributed by atoms with Gasteiger partial charge in [0.1, 0.15) is 11.6 Å². The van der Waals surface area contributed by atoms with E-state index in [0.717, 1.165) is 31.4 Å². The van der Waals surface area contributed by atoms with Crippen LogP contribution in [0.1, 0.15) is 36.8 Å². The van der Waals surface area contributed by atoms with Crippen molar-refractivity contribution in [1.82, 2.24) is 20.4 Å². The molecule has 1 aromatic heterocycles. The molecule has 3 aromatic rings. The Morgan fingerprint density at radius 3 is 2.50 bits per heavy atom. The molecular formula is C22H22F2N4O2. The van der Waals surface area contributed by atoms with E-state index in [-0.39, 0.29) is 30.1 Å². The highest BCUT2D eigenvalue weighted by Crippen LogP contribution is 2.30. The number of carbonyl (C=O) groups excluding carboxylic acids is 1. The van der Waals surface area contributed by atoms with Crippen LogP contribution in [0, 0.1) is 11.6 Å².